The van der Waals surface area contributed by atoms with Gasteiger partial charge in [-0.25, -0.2) is 4.98 Å². The first-order valence-electron chi connectivity index (χ1n) is 6.76. The van der Waals surface area contributed by atoms with Crippen molar-refractivity contribution in [2.24, 2.45) is 11.3 Å². The molecule has 0 unspecified atom stereocenters. The third-order valence-electron chi connectivity index (χ3n) is 3.99. The van der Waals surface area contributed by atoms with E-state index in [1.165, 1.54) is 37.9 Å². The molecule has 0 spiro atoms. The van der Waals surface area contributed by atoms with Gasteiger partial charge in [0.1, 0.15) is 0 Å². The molecule has 1 fully saturated rings. The zero-order valence-electron chi connectivity index (χ0n) is 11.3. The molecule has 0 amide bonds. The number of hydrogen-bond donors (Lipinski definition) is 0. The average molecular weight is 251 g/mol. The first-order valence-corrected chi connectivity index (χ1v) is 6.76. The van der Waals surface area contributed by atoms with Crippen LogP contribution in [-0.2, 0) is 11.3 Å². The number of aromatic nitrogens is 1. The smallest absolute Gasteiger partial charge is 0.213 e. The Kier molecular flexibility index (Phi) is 4.33. The molecule has 0 aliphatic heterocycles. The van der Waals surface area contributed by atoms with Gasteiger partial charge in [-0.05, 0) is 41.9 Å². The van der Waals surface area contributed by atoms with E-state index >= 15 is 0 Å². The highest BCUT2D eigenvalue weighted by molar-refractivity contribution is 5.09. The Bertz CT molecular complexity index is 386. The van der Waals surface area contributed by atoms with Gasteiger partial charge >= 0.3 is 0 Å². The Morgan fingerprint density at radius 1 is 1.39 bits per heavy atom. The summed E-state index contributed by atoms with van der Waals surface area (Å²) >= 11 is 0. The van der Waals surface area contributed by atoms with Gasteiger partial charge in [0.25, 0.3) is 0 Å². The molecule has 0 atom stereocenters. The van der Waals surface area contributed by atoms with Gasteiger partial charge in [-0.1, -0.05) is 26.7 Å². The predicted octanol–water partition coefficient (Wildman–Crippen LogP) is 3.95. The van der Waals surface area contributed by atoms with E-state index < -0.39 is 5.95 Å². The van der Waals surface area contributed by atoms with E-state index in [1.807, 2.05) is 0 Å². The Hall–Kier alpha value is -0.960. The molecule has 1 aliphatic rings. The van der Waals surface area contributed by atoms with Gasteiger partial charge in [-0.2, -0.15) is 4.39 Å². The molecular formula is C15H22FNO. The highest BCUT2D eigenvalue weighted by atomic mass is 19.1. The molecule has 3 heteroatoms. The zero-order chi connectivity index (χ0) is 13.0. The summed E-state index contributed by atoms with van der Waals surface area (Å²) in [5, 5.41) is 0. The minimum absolute atomic E-state index is 0.224. The van der Waals surface area contributed by atoms with Crippen LogP contribution in [0.25, 0.3) is 0 Å². The number of rotatable bonds is 5. The highest BCUT2D eigenvalue weighted by Crippen LogP contribution is 2.39. The summed E-state index contributed by atoms with van der Waals surface area (Å²) in [7, 11) is 0. The first kappa shape index (κ1) is 13.5. The van der Waals surface area contributed by atoms with Gasteiger partial charge in [-0.3, -0.25) is 0 Å². The summed E-state index contributed by atoms with van der Waals surface area (Å²) in [5.41, 5.74) is 1.08. The summed E-state index contributed by atoms with van der Waals surface area (Å²) in [4.78, 5) is 3.54. The fourth-order valence-corrected chi connectivity index (χ4v) is 2.79. The van der Waals surface area contributed by atoms with Crippen molar-refractivity contribution in [3.63, 3.8) is 0 Å². The van der Waals surface area contributed by atoms with E-state index in [-0.39, 0.29) is 5.41 Å². The van der Waals surface area contributed by atoms with E-state index in [0.29, 0.717) is 6.61 Å². The van der Waals surface area contributed by atoms with E-state index in [9.17, 15) is 4.39 Å². The highest BCUT2D eigenvalue weighted by Gasteiger charge is 2.31. The first-order chi connectivity index (χ1) is 8.58. The van der Waals surface area contributed by atoms with Gasteiger partial charge < -0.3 is 4.74 Å². The predicted molar refractivity (Wildman–Crippen MR) is 69.6 cm³/mol. The molecule has 2 nitrogen and oxygen atoms in total. The SMILES string of the molecule is CC(C)(COCc1ccnc(F)c1)C1CCCC1. The van der Waals surface area contributed by atoms with E-state index in [2.05, 4.69) is 18.8 Å². The lowest BCUT2D eigenvalue weighted by Crippen LogP contribution is -2.27. The second-order valence-corrected chi connectivity index (χ2v) is 5.95. The van der Waals surface area contributed by atoms with Crippen molar-refractivity contribution in [2.75, 3.05) is 6.61 Å². The molecule has 0 radical (unpaired) electrons. The van der Waals surface area contributed by atoms with Gasteiger partial charge in [0.2, 0.25) is 5.95 Å². The Labute approximate surface area is 109 Å². The van der Waals surface area contributed by atoms with Gasteiger partial charge in [0, 0.05) is 6.20 Å². The van der Waals surface area contributed by atoms with E-state index in [4.69, 9.17) is 4.74 Å². The molecule has 2 rings (SSSR count). The van der Waals surface area contributed by atoms with Crippen LogP contribution in [0.15, 0.2) is 18.3 Å². The van der Waals surface area contributed by atoms with Gasteiger partial charge in [-0.15, -0.1) is 0 Å². The quantitative estimate of drug-likeness (QED) is 0.739. The molecule has 1 heterocycles. The van der Waals surface area contributed by atoms with Crippen molar-refractivity contribution in [2.45, 2.75) is 46.1 Å². The molecule has 0 bridgehead atoms. The Balaban J connectivity index is 1.80. The normalized spacial score (nSPS) is 17.3. The fourth-order valence-electron chi connectivity index (χ4n) is 2.79. The van der Waals surface area contributed by atoms with E-state index in [0.717, 1.165) is 18.1 Å². The van der Waals surface area contributed by atoms with Crippen molar-refractivity contribution < 1.29 is 9.13 Å². The van der Waals surface area contributed by atoms with Crippen LogP contribution < -0.4 is 0 Å². The molecule has 0 N–H and O–H groups in total. The maximum absolute atomic E-state index is 12.9. The second-order valence-electron chi connectivity index (χ2n) is 5.95. The Morgan fingerprint density at radius 2 is 2.11 bits per heavy atom. The average Bonchev–Trinajstić information content (AvgIpc) is 2.83. The van der Waals surface area contributed by atoms with Crippen LogP contribution in [-0.4, -0.2) is 11.6 Å². The topological polar surface area (TPSA) is 22.1 Å². The van der Waals surface area contributed by atoms with Crippen molar-refractivity contribution in [3.05, 3.63) is 29.8 Å². The molecule has 0 aromatic carbocycles. The minimum Gasteiger partial charge on any atom is -0.376 e. The molecule has 1 aliphatic carbocycles. The standard InChI is InChI=1S/C15H22FNO/c1-15(2,13-5-3-4-6-13)11-18-10-12-7-8-17-14(16)9-12/h7-9,13H,3-6,10-11H2,1-2H3. The summed E-state index contributed by atoms with van der Waals surface area (Å²) in [6.45, 7) is 5.75. The maximum atomic E-state index is 12.9. The fraction of sp³-hybridized carbons (Fsp3) is 0.667. The lowest BCUT2D eigenvalue weighted by Gasteiger charge is -2.31. The minimum atomic E-state index is -0.439. The molecule has 1 aromatic heterocycles. The molecule has 1 saturated carbocycles. The van der Waals surface area contributed by atoms with Crippen LogP contribution in [0, 0.1) is 17.3 Å². The monoisotopic (exact) mass is 251 g/mol. The molecule has 18 heavy (non-hydrogen) atoms. The third-order valence-corrected chi connectivity index (χ3v) is 3.99. The lowest BCUT2D eigenvalue weighted by molar-refractivity contribution is 0.0206. The van der Waals surface area contributed by atoms with Crippen molar-refractivity contribution >= 4 is 0 Å². The van der Waals surface area contributed by atoms with Crippen LogP contribution in [0.3, 0.4) is 0 Å². The van der Waals surface area contributed by atoms with Crippen molar-refractivity contribution in [1.82, 2.24) is 4.98 Å². The van der Waals surface area contributed by atoms with Gasteiger partial charge in [0.05, 0.1) is 13.2 Å². The van der Waals surface area contributed by atoms with Crippen molar-refractivity contribution in [1.29, 1.82) is 0 Å². The Morgan fingerprint density at radius 3 is 2.78 bits per heavy atom. The molecule has 100 valence electrons. The second kappa shape index (κ2) is 5.79. The van der Waals surface area contributed by atoms with Crippen LogP contribution in [0.2, 0.25) is 0 Å². The van der Waals surface area contributed by atoms with Crippen LogP contribution in [0.5, 0.6) is 0 Å². The van der Waals surface area contributed by atoms with Crippen LogP contribution >= 0.6 is 0 Å². The van der Waals surface area contributed by atoms with Crippen LogP contribution in [0.4, 0.5) is 4.39 Å². The maximum Gasteiger partial charge on any atom is 0.213 e. The third kappa shape index (κ3) is 3.52. The number of hydrogen-bond acceptors (Lipinski definition) is 2. The summed E-state index contributed by atoms with van der Waals surface area (Å²) in [6, 6.07) is 3.23. The molecular weight excluding hydrogens is 229 g/mol. The number of ether oxygens (including phenoxy) is 1. The van der Waals surface area contributed by atoms with E-state index in [1.54, 1.807) is 6.07 Å². The number of halogens is 1. The van der Waals surface area contributed by atoms with Crippen LogP contribution in [0.1, 0.15) is 45.1 Å². The summed E-state index contributed by atoms with van der Waals surface area (Å²) in [6.07, 6.45) is 6.82. The number of nitrogens with zero attached hydrogens (tertiary/aromatic N) is 1. The largest absolute Gasteiger partial charge is 0.376 e. The summed E-state index contributed by atoms with van der Waals surface area (Å²) in [5.74, 6) is 0.331. The lowest BCUT2D eigenvalue weighted by atomic mass is 9.78. The zero-order valence-corrected chi connectivity index (χ0v) is 11.3. The number of pyridine rings is 1. The summed E-state index contributed by atoms with van der Waals surface area (Å²) < 4.78 is 18.7. The molecule has 0 saturated heterocycles. The van der Waals surface area contributed by atoms with Gasteiger partial charge in [0.15, 0.2) is 0 Å². The molecule has 1 aromatic rings. The van der Waals surface area contributed by atoms with Crippen molar-refractivity contribution in [3.8, 4) is 0 Å².